The number of ether oxygens (including phenoxy) is 1. The molecule has 0 saturated heterocycles. The van der Waals surface area contributed by atoms with Gasteiger partial charge in [0.15, 0.2) is 0 Å². The Balaban J connectivity index is 2.83. The van der Waals surface area contributed by atoms with Crippen LogP contribution in [0.2, 0.25) is 0 Å². The van der Waals surface area contributed by atoms with Gasteiger partial charge in [-0.2, -0.15) is 0 Å². The smallest absolute Gasteiger partial charge is 0.329 e. The Morgan fingerprint density at radius 2 is 2.06 bits per heavy atom. The van der Waals surface area contributed by atoms with E-state index >= 15 is 0 Å². The van der Waals surface area contributed by atoms with E-state index in [9.17, 15) is 8.68 Å². The van der Waals surface area contributed by atoms with Crippen molar-refractivity contribution in [3.63, 3.8) is 0 Å². The molecule has 100 valence electrons. The van der Waals surface area contributed by atoms with Crippen molar-refractivity contribution in [2.24, 2.45) is 0 Å². The molecule has 0 amide bonds. The largest absolute Gasteiger partial charge is 0.458 e. The van der Waals surface area contributed by atoms with Gasteiger partial charge < -0.3 is 4.74 Å². The summed E-state index contributed by atoms with van der Waals surface area (Å²) in [4.78, 5) is 12.0. The highest BCUT2D eigenvalue weighted by molar-refractivity contribution is 7.92. The first-order valence-corrected chi connectivity index (χ1v) is 6.53. The molecule has 1 rings (SSSR count). The fraction of sp³-hybridized carbons (Fsp3) is 0.462. The lowest BCUT2D eigenvalue weighted by atomic mass is 10.1. The van der Waals surface area contributed by atoms with E-state index in [1.54, 1.807) is 24.3 Å². The number of esters is 1. The maximum atomic E-state index is 12.4. The van der Waals surface area contributed by atoms with Crippen LogP contribution >= 0.6 is 12.3 Å². The molecule has 0 fully saturated rings. The summed E-state index contributed by atoms with van der Waals surface area (Å²) in [6, 6.07) is 8.15. The van der Waals surface area contributed by atoms with Crippen LogP contribution in [0.5, 0.6) is 0 Å². The van der Waals surface area contributed by atoms with Crippen LogP contribution in [0.1, 0.15) is 38.8 Å². The summed E-state index contributed by atoms with van der Waals surface area (Å²) >= 11 is -0.0843. The number of hydrogen-bond acceptors (Lipinski definition) is 4. The Kier molecular flexibility index (Phi) is 5.62. The SMILES string of the molecule is CCC(C)(C)OC(=O)C(NSF)c1ccccc1. The predicted octanol–water partition coefficient (Wildman–Crippen LogP) is 3.58. The van der Waals surface area contributed by atoms with Crippen LogP contribution in [0.15, 0.2) is 30.3 Å². The zero-order valence-electron chi connectivity index (χ0n) is 10.8. The molecule has 0 bridgehead atoms. The van der Waals surface area contributed by atoms with Gasteiger partial charge in [0.1, 0.15) is 24.0 Å². The Morgan fingerprint density at radius 3 is 2.56 bits per heavy atom. The highest BCUT2D eigenvalue weighted by Crippen LogP contribution is 2.22. The van der Waals surface area contributed by atoms with Gasteiger partial charge in [-0.25, -0.2) is 9.52 Å². The molecule has 1 atom stereocenters. The van der Waals surface area contributed by atoms with Gasteiger partial charge >= 0.3 is 5.97 Å². The first-order chi connectivity index (χ1) is 8.50. The minimum atomic E-state index is -0.799. The molecule has 0 aromatic heterocycles. The summed E-state index contributed by atoms with van der Waals surface area (Å²) in [5, 5.41) is 0. The van der Waals surface area contributed by atoms with Crippen LogP contribution in [-0.2, 0) is 9.53 Å². The van der Waals surface area contributed by atoms with Crippen molar-refractivity contribution in [1.82, 2.24) is 4.72 Å². The zero-order valence-corrected chi connectivity index (χ0v) is 11.6. The minimum absolute atomic E-state index is 0.0843. The molecule has 1 aromatic rings. The molecule has 0 radical (unpaired) electrons. The summed E-state index contributed by atoms with van der Waals surface area (Å²) < 4.78 is 20.2. The summed E-state index contributed by atoms with van der Waals surface area (Å²) in [5.41, 5.74) is 0.131. The van der Waals surface area contributed by atoms with Gasteiger partial charge in [-0.1, -0.05) is 37.3 Å². The van der Waals surface area contributed by atoms with E-state index in [0.717, 1.165) is 0 Å². The zero-order chi connectivity index (χ0) is 13.6. The van der Waals surface area contributed by atoms with Gasteiger partial charge in [0.25, 0.3) is 0 Å². The Morgan fingerprint density at radius 1 is 1.44 bits per heavy atom. The molecule has 0 aliphatic rings. The second-order valence-corrected chi connectivity index (χ2v) is 4.96. The molecule has 0 heterocycles. The van der Waals surface area contributed by atoms with Crippen LogP contribution in [-0.4, -0.2) is 11.6 Å². The average molecular weight is 271 g/mol. The second kappa shape index (κ2) is 6.75. The van der Waals surface area contributed by atoms with E-state index in [4.69, 9.17) is 4.74 Å². The number of benzene rings is 1. The lowest BCUT2D eigenvalue weighted by molar-refractivity contribution is -0.159. The van der Waals surface area contributed by atoms with Crippen molar-refractivity contribution in [1.29, 1.82) is 0 Å². The van der Waals surface area contributed by atoms with Crippen molar-refractivity contribution < 1.29 is 13.4 Å². The molecule has 0 spiro atoms. The summed E-state index contributed by atoms with van der Waals surface area (Å²) in [7, 11) is 0. The van der Waals surface area contributed by atoms with E-state index in [1.807, 2.05) is 26.8 Å². The van der Waals surface area contributed by atoms with E-state index in [1.165, 1.54) is 0 Å². The van der Waals surface area contributed by atoms with Crippen molar-refractivity contribution in [3.8, 4) is 0 Å². The summed E-state index contributed by atoms with van der Waals surface area (Å²) in [6.45, 7) is 5.59. The van der Waals surface area contributed by atoms with Crippen LogP contribution in [0, 0.1) is 0 Å². The highest BCUT2D eigenvalue weighted by atomic mass is 32.2. The van der Waals surface area contributed by atoms with Gasteiger partial charge in [-0.05, 0) is 25.8 Å². The maximum absolute atomic E-state index is 12.4. The van der Waals surface area contributed by atoms with E-state index in [0.29, 0.717) is 12.0 Å². The molecule has 0 aliphatic heterocycles. The lowest BCUT2D eigenvalue weighted by Gasteiger charge is -2.26. The van der Waals surface area contributed by atoms with Crippen LogP contribution < -0.4 is 4.72 Å². The molecular formula is C13H18FNO2S. The van der Waals surface area contributed by atoms with E-state index in [2.05, 4.69) is 4.72 Å². The molecule has 3 nitrogen and oxygen atoms in total. The summed E-state index contributed by atoms with van der Waals surface area (Å²) in [5.74, 6) is -0.474. The lowest BCUT2D eigenvalue weighted by Crippen LogP contribution is -2.33. The number of rotatable bonds is 6. The van der Waals surface area contributed by atoms with Gasteiger partial charge in [0, 0.05) is 0 Å². The maximum Gasteiger partial charge on any atom is 0.329 e. The quantitative estimate of drug-likeness (QED) is 0.634. The van der Waals surface area contributed by atoms with Crippen LogP contribution in [0.3, 0.4) is 0 Å². The monoisotopic (exact) mass is 271 g/mol. The first kappa shape index (κ1) is 15.0. The number of nitrogens with one attached hydrogen (secondary N) is 1. The number of carbonyl (C=O) groups is 1. The molecular weight excluding hydrogens is 253 g/mol. The topological polar surface area (TPSA) is 38.3 Å². The van der Waals surface area contributed by atoms with Crippen molar-refractivity contribution >= 4 is 18.3 Å². The molecule has 0 saturated carbocycles. The summed E-state index contributed by atoms with van der Waals surface area (Å²) in [6.07, 6.45) is 0.697. The standard InChI is InChI=1S/C13H18FNO2S/c1-4-13(2,3)17-12(16)11(15-18-14)10-8-6-5-7-9-10/h5-9,11,15H,4H2,1-3H3. The Labute approximate surface area is 112 Å². The minimum Gasteiger partial charge on any atom is -0.458 e. The van der Waals surface area contributed by atoms with Gasteiger partial charge in [-0.3, -0.25) is 0 Å². The van der Waals surface area contributed by atoms with E-state index in [-0.39, 0.29) is 12.3 Å². The first-order valence-electron chi connectivity index (χ1n) is 5.81. The third kappa shape index (κ3) is 4.31. The molecule has 5 heteroatoms. The van der Waals surface area contributed by atoms with Crippen LogP contribution in [0.25, 0.3) is 0 Å². The fourth-order valence-corrected chi connectivity index (χ4v) is 1.67. The molecule has 18 heavy (non-hydrogen) atoms. The van der Waals surface area contributed by atoms with Crippen molar-refractivity contribution in [2.45, 2.75) is 38.8 Å². The normalized spacial score (nSPS) is 13.1. The van der Waals surface area contributed by atoms with Gasteiger partial charge in [0.05, 0.1) is 0 Å². The second-order valence-electron chi connectivity index (χ2n) is 4.57. The molecule has 1 unspecified atom stereocenters. The van der Waals surface area contributed by atoms with Crippen LogP contribution in [0.4, 0.5) is 3.89 Å². The number of halogens is 1. The van der Waals surface area contributed by atoms with E-state index < -0.39 is 17.6 Å². The molecule has 0 aliphatic carbocycles. The average Bonchev–Trinajstić information content (AvgIpc) is 2.36. The predicted molar refractivity (Wildman–Crippen MR) is 71.5 cm³/mol. The highest BCUT2D eigenvalue weighted by Gasteiger charge is 2.28. The number of hydrogen-bond donors (Lipinski definition) is 1. The Bertz CT molecular complexity index is 384. The third-order valence-electron chi connectivity index (χ3n) is 2.76. The molecule has 1 N–H and O–H groups in total. The molecule has 1 aromatic carbocycles. The van der Waals surface area contributed by atoms with Gasteiger partial charge in [-0.15, -0.1) is 3.89 Å². The van der Waals surface area contributed by atoms with Crippen molar-refractivity contribution in [3.05, 3.63) is 35.9 Å². The third-order valence-corrected chi connectivity index (χ3v) is 3.08. The van der Waals surface area contributed by atoms with Crippen molar-refractivity contribution in [2.75, 3.05) is 0 Å². The number of carbonyl (C=O) groups excluding carboxylic acids is 1. The Hall–Kier alpha value is -1.07. The van der Waals surface area contributed by atoms with Gasteiger partial charge in [0.2, 0.25) is 0 Å². The fourth-order valence-electron chi connectivity index (χ4n) is 1.35.